The summed E-state index contributed by atoms with van der Waals surface area (Å²) < 4.78 is 0. The highest BCUT2D eigenvalue weighted by molar-refractivity contribution is 8.13. The topological polar surface area (TPSA) is 75.5 Å². The predicted molar refractivity (Wildman–Crippen MR) is 66.1 cm³/mol. The number of aliphatic imine (C=N–C) groups is 4. The van der Waals surface area contributed by atoms with Gasteiger partial charge < -0.3 is 5.73 Å². The molecule has 2 aliphatic heterocycles. The van der Waals surface area contributed by atoms with Crippen molar-refractivity contribution < 1.29 is 0 Å². The third-order valence-corrected chi connectivity index (χ3v) is 3.05. The third kappa shape index (κ3) is 2.26. The molecular formula is C9H13N5S. The molecule has 2 heterocycles. The van der Waals surface area contributed by atoms with Gasteiger partial charge in [0.2, 0.25) is 0 Å². The van der Waals surface area contributed by atoms with Crippen molar-refractivity contribution in [2.75, 3.05) is 5.75 Å². The van der Waals surface area contributed by atoms with Crippen molar-refractivity contribution >= 4 is 34.9 Å². The van der Waals surface area contributed by atoms with Gasteiger partial charge >= 0.3 is 0 Å². The van der Waals surface area contributed by atoms with Crippen LogP contribution in [0.4, 0.5) is 0 Å². The minimum absolute atomic E-state index is 0.237. The molecule has 0 saturated carbocycles. The Labute approximate surface area is 92.7 Å². The number of amidine groups is 3. The number of hydrogen-bond acceptors (Lipinski definition) is 6. The zero-order valence-electron chi connectivity index (χ0n) is 8.55. The maximum Gasteiger partial charge on any atom is 0.185 e. The van der Waals surface area contributed by atoms with Gasteiger partial charge in [0.05, 0.1) is 0 Å². The van der Waals surface area contributed by atoms with Gasteiger partial charge in [-0.15, -0.1) is 0 Å². The lowest BCUT2D eigenvalue weighted by atomic mass is 10.2. The lowest BCUT2D eigenvalue weighted by molar-refractivity contribution is 0.898. The van der Waals surface area contributed by atoms with Gasteiger partial charge in [-0.25, -0.2) is 20.0 Å². The summed E-state index contributed by atoms with van der Waals surface area (Å²) in [6, 6.07) is -0.237. The second-order valence-corrected chi connectivity index (χ2v) is 4.35. The molecule has 0 radical (unpaired) electrons. The molecule has 80 valence electrons. The van der Waals surface area contributed by atoms with E-state index >= 15 is 0 Å². The number of nitrogens with two attached hydrogens (primary N) is 1. The molecule has 2 aliphatic rings. The average Bonchev–Trinajstić information content (AvgIpc) is 2.63. The van der Waals surface area contributed by atoms with Crippen LogP contribution in [0, 0.1) is 0 Å². The highest BCUT2D eigenvalue weighted by Gasteiger charge is 2.27. The number of thioether (sulfide) groups is 1. The van der Waals surface area contributed by atoms with E-state index < -0.39 is 0 Å². The highest BCUT2D eigenvalue weighted by Crippen LogP contribution is 2.18. The molecule has 0 amide bonds. The molecule has 0 bridgehead atoms. The second kappa shape index (κ2) is 4.57. The average molecular weight is 223 g/mol. The summed E-state index contributed by atoms with van der Waals surface area (Å²) in [5.41, 5.74) is 5.70. The molecule has 15 heavy (non-hydrogen) atoms. The van der Waals surface area contributed by atoms with Gasteiger partial charge in [-0.3, -0.25) is 0 Å². The number of fused-ring (bicyclic) bond motifs is 1. The highest BCUT2D eigenvalue weighted by atomic mass is 32.2. The summed E-state index contributed by atoms with van der Waals surface area (Å²) in [4.78, 5) is 16.6. The Morgan fingerprint density at radius 1 is 1.53 bits per heavy atom. The first-order valence-electron chi connectivity index (χ1n) is 4.96. The summed E-state index contributed by atoms with van der Waals surface area (Å²) in [5, 5.41) is 0.778. The van der Waals surface area contributed by atoms with E-state index in [-0.39, 0.29) is 6.04 Å². The normalized spacial score (nSPS) is 23.3. The van der Waals surface area contributed by atoms with Gasteiger partial charge in [-0.05, 0) is 6.42 Å². The number of hydrogen-bond donors (Lipinski definition) is 1. The first kappa shape index (κ1) is 10.4. The smallest absolute Gasteiger partial charge is 0.185 e. The standard InChI is InChI=1S/C9H13N5S/c1-2-3-4-15-9-13-6-7(10)11-5-12-8(6)14-9/h5-6H,2-4H2,1H3,(H2,10,11,12,13,14). The van der Waals surface area contributed by atoms with Crippen molar-refractivity contribution in [3.8, 4) is 0 Å². The minimum Gasteiger partial charge on any atom is -0.385 e. The van der Waals surface area contributed by atoms with Crippen molar-refractivity contribution in [2.45, 2.75) is 25.8 Å². The first-order valence-corrected chi connectivity index (χ1v) is 5.94. The summed E-state index contributed by atoms with van der Waals surface area (Å²) in [5.74, 6) is 2.19. The summed E-state index contributed by atoms with van der Waals surface area (Å²) in [7, 11) is 0. The Morgan fingerprint density at radius 3 is 3.13 bits per heavy atom. The van der Waals surface area contributed by atoms with E-state index in [0.717, 1.165) is 10.9 Å². The Kier molecular flexibility index (Phi) is 3.15. The fourth-order valence-corrected chi connectivity index (χ4v) is 2.21. The molecule has 0 aliphatic carbocycles. The van der Waals surface area contributed by atoms with Crippen LogP contribution in [0.1, 0.15) is 19.8 Å². The van der Waals surface area contributed by atoms with Crippen molar-refractivity contribution in [1.82, 2.24) is 0 Å². The Balaban J connectivity index is 2.00. The van der Waals surface area contributed by atoms with Crippen molar-refractivity contribution in [3.05, 3.63) is 0 Å². The molecule has 0 saturated heterocycles. The van der Waals surface area contributed by atoms with E-state index in [9.17, 15) is 0 Å². The zero-order chi connectivity index (χ0) is 10.7. The molecule has 0 fully saturated rings. The van der Waals surface area contributed by atoms with Gasteiger partial charge in [-0.2, -0.15) is 0 Å². The summed E-state index contributed by atoms with van der Waals surface area (Å²) in [6.07, 6.45) is 3.79. The molecule has 1 unspecified atom stereocenters. The van der Waals surface area contributed by atoms with E-state index in [1.807, 2.05) is 0 Å². The minimum atomic E-state index is -0.237. The number of nitrogens with zero attached hydrogens (tertiary/aromatic N) is 4. The van der Waals surface area contributed by atoms with E-state index in [0.29, 0.717) is 11.7 Å². The van der Waals surface area contributed by atoms with Crippen LogP contribution >= 0.6 is 11.8 Å². The molecule has 0 spiro atoms. The molecule has 6 heteroatoms. The van der Waals surface area contributed by atoms with Crippen LogP contribution < -0.4 is 5.73 Å². The van der Waals surface area contributed by atoms with Gasteiger partial charge in [0.15, 0.2) is 17.0 Å². The van der Waals surface area contributed by atoms with E-state index in [1.165, 1.54) is 19.2 Å². The maximum atomic E-state index is 5.70. The van der Waals surface area contributed by atoms with Gasteiger partial charge in [0.1, 0.15) is 12.2 Å². The number of unbranched alkanes of at least 4 members (excludes halogenated alkanes) is 1. The van der Waals surface area contributed by atoms with E-state index in [1.54, 1.807) is 11.8 Å². The lowest BCUT2D eigenvalue weighted by Crippen LogP contribution is -2.34. The molecule has 1 atom stereocenters. The maximum absolute atomic E-state index is 5.70. The predicted octanol–water partition coefficient (Wildman–Crippen LogP) is 1.06. The van der Waals surface area contributed by atoms with Crippen LogP contribution in [-0.4, -0.2) is 35.0 Å². The molecular weight excluding hydrogens is 210 g/mol. The van der Waals surface area contributed by atoms with Crippen LogP contribution in [0.3, 0.4) is 0 Å². The second-order valence-electron chi connectivity index (χ2n) is 3.28. The molecule has 0 aromatic carbocycles. The fraction of sp³-hybridized carbons (Fsp3) is 0.556. The summed E-state index contributed by atoms with van der Waals surface area (Å²) >= 11 is 1.65. The van der Waals surface area contributed by atoms with Gasteiger partial charge in [-0.1, -0.05) is 25.1 Å². The zero-order valence-corrected chi connectivity index (χ0v) is 9.37. The lowest BCUT2D eigenvalue weighted by Gasteiger charge is -2.08. The van der Waals surface area contributed by atoms with E-state index in [4.69, 9.17) is 5.73 Å². The van der Waals surface area contributed by atoms with Gasteiger partial charge in [0, 0.05) is 5.75 Å². The van der Waals surface area contributed by atoms with Gasteiger partial charge in [0.25, 0.3) is 0 Å². The fourth-order valence-electron chi connectivity index (χ4n) is 1.26. The van der Waals surface area contributed by atoms with Crippen LogP contribution in [0.15, 0.2) is 20.0 Å². The molecule has 2 N–H and O–H groups in total. The van der Waals surface area contributed by atoms with Crippen molar-refractivity contribution in [1.29, 1.82) is 0 Å². The SMILES string of the molecule is CCCCSC1=NC2C(N)=NC=NC2=N1. The van der Waals surface area contributed by atoms with Crippen LogP contribution in [0.25, 0.3) is 0 Å². The molecule has 0 aromatic rings. The molecule has 2 rings (SSSR count). The quantitative estimate of drug-likeness (QED) is 0.726. The van der Waals surface area contributed by atoms with Crippen molar-refractivity contribution in [2.24, 2.45) is 25.7 Å². The Morgan fingerprint density at radius 2 is 2.40 bits per heavy atom. The molecule has 0 aromatic heterocycles. The van der Waals surface area contributed by atoms with Crippen LogP contribution in [0.2, 0.25) is 0 Å². The monoisotopic (exact) mass is 223 g/mol. The first-order chi connectivity index (χ1) is 7.31. The third-order valence-electron chi connectivity index (χ3n) is 2.10. The number of rotatable bonds is 3. The Hall–Kier alpha value is -1.17. The van der Waals surface area contributed by atoms with E-state index in [2.05, 4.69) is 26.9 Å². The Bertz CT molecular complexity index is 369. The molecule has 5 nitrogen and oxygen atoms in total. The summed E-state index contributed by atoms with van der Waals surface area (Å²) in [6.45, 7) is 2.16. The van der Waals surface area contributed by atoms with Crippen LogP contribution in [-0.2, 0) is 0 Å². The van der Waals surface area contributed by atoms with Crippen molar-refractivity contribution in [3.63, 3.8) is 0 Å². The van der Waals surface area contributed by atoms with Crippen LogP contribution in [0.5, 0.6) is 0 Å². The largest absolute Gasteiger partial charge is 0.385 e.